The van der Waals surface area contributed by atoms with Gasteiger partial charge in [-0.15, -0.1) is 0 Å². The van der Waals surface area contributed by atoms with Crippen LogP contribution >= 0.6 is 0 Å². The second-order valence-corrected chi connectivity index (χ2v) is 8.07. The van der Waals surface area contributed by atoms with Gasteiger partial charge in [0.25, 0.3) is 0 Å². The van der Waals surface area contributed by atoms with Crippen LogP contribution in [0.4, 0.5) is 4.79 Å². The summed E-state index contributed by atoms with van der Waals surface area (Å²) in [6.45, 7) is 5.70. The zero-order valence-electron chi connectivity index (χ0n) is 16.1. The summed E-state index contributed by atoms with van der Waals surface area (Å²) in [6, 6.07) is 4.22. The molecule has 0 unspecified atom stereocenters. The van der Waals surface area contributed by atoms with Gasteiger partial charge in [0.05, 0.1) is 12.2 Å². The van der Waals surface area contributed by atoms with Gasteiger partial charge in [-0.3, -0.25) is 4.98 Å². The predicted octanol–water partition coefficient (Wildman–Crippen LogP) is 3.08. The number of ether oxygens (including phenoxy) is 2. The molecule has 2 amide bonds. The molecule has 4 heterocycles. The lowest BCUT2D eigenvalue weighted by Gasteiger charge is -2.43. The van der Waals surface area contributed by atoms with Crippen molar-refractivity contribution < 1.29 is 14.3 Å². The van der Waals surface area contributed by atoms with E-state index in [2.05, 4.69) is 4.98 Å². The first-order valence-electron chi connectivity index (χ1n) is 10.4. The Kier molecular flexibility index (Phi) is 5.93. The largest absolute Gasteiger partial charge is 0.377 e. The molecule has 0 saturated carbocycles. The van der Waals surface area contributed by atoms with Gasteiger partial charge in [0.1, 0.15) is 0 Å². The van der Waals surface area contributed by atoms with Crippen LogP contribution in [0.25, 0.3) is 0 Å². The van der Waals surface area contributed by atoms with Gasteiger partial charge >= 0.3 is 6.03 Å². The fraction of sp³-hybridized carbons (Fsp3) is 0.714. The van der Waals surface area contributed by atoms with Crippen molar-refractivity contribution in [3.8, 4) is 0 Å². The van der Waals surface area contributed by atoms with E-state index in [9.17, 15) is 4.79 Å². The number of likely N-dealkylation sites (tertiary alicyclic amines) is 2. The third kappa shape index (κ3) is 4.27. The van der Waals surface area contributed by atoms with Gasteiger partial charge in [0.15, 0.2) is 0 Å². The van der Waals surface area contributed by atoms with Crippen LogP contribution in [0.5, 0.6) is 0 Å². The molecule has 1 atom stereocenters. The molecule has 3 aliphatic heterocycles. The molecule has 6 nitrogen and oxygen atoms in total. The van der Waals surface area contributed by atoms with Gasteiger partial charge in [0.2, 0.25) is 0 Å². The monoisotopic (exact) mass is 373 g/mol. The van der Waals surface area contributed by atoms with E-state index in [1.807, 2.05) is 28.1 Å². The van der Waals surface area contributed by atoms with Gasteiger partial charge in [-0.25, -0.2) is 4.79 Å². The predicted molar refractivity (Wildman–Crippen MR) is 102 cm³/mol. The fourth-order valence-corrected chi connectivity index (χ4v) is 4.83. The maximum absolute atomic E-state index is 12.6. The van der Waals surface area contributed by atoms with E-state index < -0.39 is 0 Å². The molecule has 3 aliphatic rings. The van der Waals surface area contributed by atoms with E-state index in [0.717, 1.165) is 83.5 Å². The van der Waals surface area contributed by atoms with Gasteiger partial charge in [-0.1, -0.05) is 6.07 Å². The van der Waals surface area contributed by atoms with E-state index >= 15 is 0 Å². The van der Waals surface area contributed by atoms with Crippen LogP contribution in [0.2, 0.25) is 0 Å². The zero-order valence-corrected chi connectivity index (χ0v) is 16.1. The smallest absolute Gasteiger partial charge is 0.320 e. The Labute approximate surface area is 161 Å². The highest BCUT2D eigenvalue weighted by Crippen LogP contribution is 2.42. The fourth-order valence-electron chi connectivity index (χ4n) is 4.83. The summed E-state index contributed by atoms with van der Waals surface area (Å²) in [6.07, 6.45) is 9.98. The Balaban J connectivity index is 1.24. The number of amides is 2. The first-order chi connectivity index (χ1) is 13.3. The molecule has 3 saturated heterocycles. The topological polar surface area (TPSA) is 54.9 Å². The number of urea groups is 1. The van der Waals surface area contributed by atoms with E-state index in [0.29, 0.717) is 12.5 Å². The van der Waals surface area contributed by atoms with E-state index in [1.165, 1.54) is 0 Å². The van der Waals surface area contributed by atoms with Crippen molar-refractivity contribution in [2.75, 3.05) is 39.4 Å². The summed E-state index contributed by atoms with van der Waals surface area (Å²) in [5.74, 6) is 0.537. The number of aromatic nitrogens is 1. The second-order valence-electron chi connectivity index (χ2n) is 8.07. The third-order valence-corrected chi connectivity index (χ3v) is 6.46. The van der Waals surface area contributed by atoms with Crippen molar-refractivity contribution in [1.82, 2.24) is 14.8 Å². The lowest BCUT2D eigenvalue weighted by atomic mass is 9.78. The number of pyridine rings is 1. The molecule has 0 bridgehead atoms. The van der Waals surface area contributed by atoms with E-state index in [4.69, 9.17) is 9.47 Å². The van der Waals surface area contributed by atoms with Gasteiger partial charge in [-0.05, 0) is 56.1 Å². The number of rotatable bonds is 5. The van der Waals surface area contributed by atoms with Crippen LogP contribution in [0.3, 0.4) is 0 Å². The van der Waals surface area contributed by atoms with Crippen molar-refractivity contribution in [2.45, 2.75) is 50.7 Å². The first-order valence-corrected chi connectivity index (χ1v) is 10.4. The zero-order chi connectivity index (χ0) is 18.5. The van der Waals surface area contributed by atoms with Crippen molar-refractivity contribution in [3.05, 3.63) is 30.1 Å². The minimum atomic E-state index is -0.0422. The highest BCUT2D eigenvalue weighted by Gasteiger charge is 2.46. The first kappa shape index (κ1) is 18.7. The summed E-state index contributed by atoms with van der Waals surface area (Å²) in [4.78, 5) is 20.8. The quantitative estimate of drug-likeness (QED) is 0.745. The Morgan fingerprint density at radius 1 is 1.22 bits per heavy atom. The molecule has 0 aromatic carbocycles. The Morgan fingerprint density at radius 3 is 2.74 bits per heavy atom. The molecule has 1 aromatic rings. The Bertz CT molecular complexity index is 610. The molecule has 0 aliphatic carbocycles. The maximum atomic E-state index is 12.6. The lowest BCUT2D eigenvalue weighted by Crippen LogP contribution is -2.52. The highest BCUT2D eigenvalue weighted by molar-refractivity contribution is 5.74. The second kappa shape index (κ2) is 8.57. The molecule has 6 heteroatoms. The van der Waals surface area contributed by atoms with Crippen molar-refractivity contribution >= 4 is 6.03 Å². The van der Waals surface area contributed by atoms with Crippen molar-refractivity contribution in [2.24, 2.45) is 5.92 Å². The molecule has 0 N–H and O–H groups in total. The normalized spacial score (nSPS) is 24.7. The van der Waals surface area contributed by atoms with Crippen LogP contribution in [-0.2, 0) is 16.1 Å². The standard InChI is InChI=1S/C21H31N3O3/c25-20(23-10-1-2-11-23)24-12-7-21(8-13-24)19(6-15-27-21)5-14-26-17-18-4-3-9-22-16-18/h3-4,9,16,19H,1-2,5-8,10-15,17H2/t19-/m1/s1. The van der Waals surface area contributed by atoms with Crippen molar-refractivity contribution in [1.29, 1.82) is 0 Å². The summed E-state index contributed by atoms with van der Waals surface area (Å²) in [5, 5.41) is 0. The van der Waals surface area contributed by atoms with Gasteiger partial charge in [-0.2, -0.15) is 0 Å². The SMILES string of the molecule is O=C(N1CCCC1)N1CCC2(CC1)OCC[C@H]2CCOCc1cccnc1. The average Bonchev–Trinajstić information content (AvgIpc) is 3.37. The summed E-state index contributed by atoms with van der Waals surface area (Å²) in [5.41, 5.74) is 1.07. The van der Waals surface area contributed by atoms with Crippen LogP contribution < -0.4 is 0 Å². The lowest BCUT2D eigenvalue weighted by molar-refractivity contribution is -0.0672. The van der Waals surface area contributed by atoms with E-state index in [-0.39, 0.29) is 11.6 Å². The molecule has 1 spiro atoms. The van der Waals surface area contributed by atoms with E-state index in [1.54, 1.807) is 6.20 Å². The minimum Gasteiger partial charge on any atom is -0.377 e. The molecular formula is C21H31N3O3. The van der Waals surface area contributed by atoms with Gasteiger partial charge in [0, 0.05) is 51.8 Å². The molecular weight excluding hydrogens is 342 g/mol. The van der Waals surface area contributed by atoms with Crippen LogP contribution in [0, 0.1) is 5.92 Å². The van der Waals surface area contributed by atoms with Crippen LogP contribution in [0.15, 0.2) is 24.5 Å². The highest BCUT2D eigenvalue weighted by atomic mass is 16.5. The van der Waals surface area contributed by atoms with Crippen molar-refractivity contribution in [3.63, 3.8) is 0 Å². The number of carbonyl (C=O) groups excluding carboxylic acids is 1. The molecule has 27 heavy (non-hydrogen) atoms. The molecule has 1 aromatic heterocycles. The summed E-state index contributed by atoms with van der Waals surface area (Å²) >= 11 is 0. The molecule has 148 valence electrons. The van der Waals surface area contributed by atoms with Crippen LogP contribution in [0.1, 0.15) is 44.1 Å². The maximum Gasteiger partial charge on any atom is 0.320 e. The number of piperidine rings is 1. The third-order valence-electron chi connectivity index (χ3n) is 6.46. The Hall–Kier alpha value is -1.66. The Morgan fingerprint density at radius 2 is 2.00 bits per heavy atom. The number of nitrogens with zero attached hydrogens (tertiary/aromatic N) is 3. The van der Waals surface area contributed by atoms with Gasteiger partial charge < -0.3 is 19.3 Å². The molecule has 3 fully saturated rings. The number of hydrogen-bond donors (Lipinski definition) is 0. The van der Waals surface area contributed by atoms with Crippen LogP contribution in [-0.4, -0.2) is 65.8 Å². The molecule has 4 rings (SSSR count). The number of carbonyl (C=O) groups is 1. The number of hydrogen-bond acceptors (Lipinski definition) is 4. The summed E-state index contributed by atoms with van der Waals surface area (Å²) in [7, 11) is 0. The minimum absolute atomic E-state index is 0.0422. The average molecular weight is 373 g/mol. The summed E-state index contributed by atoms with van der Waals surface area (Å²) < 4.78 is 12.1. The molecule has 0 radical (unpaired) electrons.